The summed E-state index contributed by atoms with van der Waals surface area (Å²) in [7, 11) is 1.83. The normalized spacial score (nSPS) is 11.6. The second-order valence-electron chi connectivity index (χ2n) is 2.23. The SMILES string of the molecule is CCN(C)C(=O)C(C)SC.Cl. The minimum Gasteiger partial charge on any atom is -0.345 e. The van der Waals surface area contributed by atoms with E-state index in [9.17, 15) is 4.79 Å². The summed E-state index contributed by atoms with van der Waals surface area (Å²) in [5.41, 5.74) is 0. The van der Waals surface area contributed by atoms with Crippen LogP contribution >= 0.6 is 24.2 Å². The Balaban J connectivity index is 0. The van der Waals surface area contributed by atoms with Crippen molar-refractivity contribution in [1.29, 1.82) is 0 Å². The molecule has 1 amide bonds. The van der Waals surface area contributed by atoms with Crippen LogP contribution in [-0.4, -0.2) is 35.9 Å². The molecule has 0 radical (unpaired) electrons. The molecule has 0 fully saturated rings. The number of hydrogen-bond acceptors (Lipinski definition) is 2. The number of amides is 1. The molecule has 0 saturated heterocycles. The van der Waals surface area contributed by atoms with Crippen LogP contribution in [0.3, 0.4) is 0 Å². The van der Waals surface area contributed by atoms with Crippen LogP contribution in [-0.2, 0) is 4.79 Å². The predicted octanol–water partition coefficient (Wildman–Crippen LogP) is 1.64. The Kier molecular flexibility index (Phi) is 8.46. The quantitative estimate of drug-likeness (QED) is 0.686. The summed E-state index contributed by atoms with van der Waals surface area (Å²) in [4.78, 5) is 12.9. The molecule has 0 aromatic rings. The molecule has 0 saturated carbocycles. The van der Waals surface area contributed by atoms with Crippen LogP contribution in [0, 0.1) is 0 Å². The molecule has 0 aromatic heterocycles. The molecule has 0 aliphatic rings. The monoisotopic (exact) mass is 197 g/mol. The Labute approximate surface area is 79.1 Å². The molecule has 0 aliphatic carbocycles. The number of thioether (sulfide) groups is 1. The van der Waals surface area contributed by atoms with E-state index in [2.05, 4.69) is 0 Å². The van der Waals surface area contributed by atoms with Crippen LogP contribution in [0.1, 0.15) is 13.8 Å². The van der Waals surface area contributed by atoms with Crippen LogP contribution in [0.15, 0.2) is 0 Å². The number of carbonyl (C=O) groups excluding carboxylic acids is 1. The van der Waals surface area contributed by atoms with Crippen LogP contribution in [0.5, 0.6) is 0 Å². The summed E-state index contributed by atoms with van der Waals surface area (Å²) < 4.78 is 0. The maximum Gasteiger partial charge on any atom is 0.235 e. The van der Waals surface area contributed by atoms with Crippen molar-refractivity contribution in [1.82, 2.24) is 4.90 Å². The summed E-state index contributed by atoms with van der Waals surface area (Å²) in [6.45, 7) is 4.70. The average molecular weight is 198 g/mol. The molecule has 1 atom stereocenters. The first-order chi connectivity index (χ1) is 4.63. The van der Waals surface area contributed by atoms with E-state index in [1.54, 1.807) is 16.7 Å². The van der Waals surface area contributed by atoms with Crippen LogP contribution < -0.4 is 0 Å². The van der Waals surface area contributed by atoms with Crippen molar-refractivity contribution in [2.45, 2.75) is 19.1 Å². The van der Waals surface area contributed by atoms with Gasteiger partial charge >= 0.3 is 0 Å². The third kappa shape index (κ3) is 4.53. The van der Waals surface area contributed by atoms with E-state index in [1.165, 1.54) is 0 Å². The standard InChI is InChI=1S/C7H15NOS.ClH/c1-5-8(3)7(9)6(2)10-4;/h6H,5H2,1-4H3;1H. The smallest absolute Gasteiger partial charge is 0.235 e. The molecular formula is C7H16ClNOS. The van der Waals surface area contributed by atoms with Gasteiger partial charge in [0.2, 0.25) is 5.91 Å². The topological polar surface area (TPSA) is 20.3 Å². The highest BCUT2D eigenvalue weighted by Crippen LogP contribution is 2.07. The zero-order valence-corrected chi connectivity index (χ0v) is 9.09. The molecule has 0 heterocycles. The summed E-state index contributed by atoms with van der Waals surface area (Å²) in [6.07, 6.45) is 1.95. The molecule has 2 nitrogen and oxygen atoms in total. The molecule has 0 aromatic carbocycles. The van der Waals surface area contributed by atoms with Gasteiger partial charge in [0.1, 0.15) is 0 Å². The summed E-state index contributed by atoms with van der Waals surface area (Å²) in [6, 6.07) is 0. The third-order valence-electron chi connectivity index (χ3n) is 1.55. The fourth-order valence-electron chi connectivity index (χ4n) is 0.567. The molecule has 11 heavy (non-hydrogen) atoms. The highest BCUT2D eigenvalue weighted by atomic mass is 35.5. The minimum atomic E-state index is 0. The van der Waals surface area contributed by atoms with Crippen molar-refractivity contribution < 1.29 is 4.79 Å². The lowest BCUT2D eigenvalue weighted by molar-refractivity contribution is -0.128. The first-order valence-corrected chi connectivity index (χ1v) is 4.70. The molecule has 68 valence electrons. The van der Waals surface area contributed by atoms with Crippen molar-refractivity contribution in [2.24, 2.45) is 0 Å². The van der Waals surface area contributed by atoms with Crippen molar-refractivity contribution in [3.63, 3.8) is 0 Å². The molecule has 0 rings (SSSR count). The summed E-state index contributed by atoms with van der Waals surface area (Å²) in [5, 5.41) is 0.102. The zero-order chi connectivity index (χ0) is 8.15. The van der Waals surface area contributed by atoms with Crippen LogP contribution in [0.25, 0.3) is 0 Å². The van der Waals surface area contributed by atoms with Gasteiger partial charge in [-0.1, -0.05) is 0 Å². The van der Waals surface area contributed by atoms with Gasteiger partial charge in [0.05, 0.1) is 5.25 Å². The lowest BCUT2D eigenvalue weighted by Gasteiger charge is -2.17. The first kappa shape index (κ1) is 13.7. The molecule has 0 bridgehead atoms. The first-order valence-electron chi connectivity index (χ1n) is 3.41. The van der Waals surface area contributed by atoms with E-state index in [4.69, 9.17) is 0 Å². The van der Waals surface area contributed by atoms with Crippen LogP contribution in [0.2, 0.25) is 0 Å². The van der Waals surface area contributed by atoms with Gasteiger partial charge < -0.3 is 4.90 Å². The van der Waals surface area contributed by atoms with Crippen molar-refractivity contribution in [3.05, 3.63) is 0 Å². The summed E-state index contributed by atoms with van der Waals surface area (Å²) >= 11 is 1.59. The molecular weight excluding hydrogens is 182 g/mol. The van der Waals surface area contributed by atoms with E-state index in [0.717, 1.165) is 6.54 Å². The Hall–Kier alpha value is 0.110. The van der Waals surface area contributed by atoms with Crippen molar-refractivity contribution in [2.75, 3.05) is 19.8 Å². The van der Waals surface area contributed by atoms with Gasteiger partial charge in [-0.05, 0) is 20.1 Å². The van der Waals surface area contributed by atoms with E-state index < -0.39 is 0 Å². The van der Waals surface area contributed by atoms with Gasteiger partial charge in [0.25, 0.3) is 0 Å². The molecule has 0 aliphatic heterocycles. The van der Waals surface area contributed by atoms with E-state index >= 15 is 0 Å². The Morgan fingerprint density at radius 2 is 2.09 bits per heavy atom. The van der Waals surface area contributed by atoms with Crippen molar-refractivity contribution in [3.8, 4) is 0 Å². The van der Waals surface area contributed by atoms with Gasteiger partial charge in [-0.3, -0.25) is 4.79 Å². The third-order valence-corrected chi connectivity index (χ3v) is 2.46. The van der Waals surface area contributed by atoms with Gasteiger partial charge in [0.15, 0.2) is 0 Å². The van der Waals surface area contributed by atoms with Crippen LogP contribution in [0.4, 0.5) is 0 Å². The second kappa shape index (κ2) is 6.80. The Morgan fingerprint density at radius 3 is 2.36 bits per heavy atom. The van der Waals surface area contributed by atoms with E-state index in [1.807, 2.05) is 27.2 Å². The lowest BCUT2D eigenvalue weighted by Crippen LogP contribution is -2.32. The molecule has 0 N–H and O–H groups in total. The number of rotatable bonds is 3. The highest BCUT2D eigenvalue weighted by molar-refractivity contribution is 7.99. The maximum absolute atomic E-state index is 11.2. The molecule has 1 unspecified atom stereocenters. The molecule has 0 spiro atoms. The number of hydrogen-bond donors (Lipinski definition) is 0. The van der Waals surface area contributed by atoms with Crippen molar-refractivity contribution >= 4 is 30.1 Å². The number of halogens is 1. The average Bonchev–Trinajstić information content (AvgIpc) is 2.00. The zero-order valence-electron chi connectivity index (χ0n) is 7.46. The molecule has 4 heteroatoms. The second-order valence-corrected chi connectivity index (χ2v) is 3.41. The fraction of sp³-hybridized carbons (Fsp3) is 0.857. The minimum absolute atomic E-state index is 0. The largest absolute Gasteiger partial charge is 0.345 e. The lowest BCUT2D eigenvalue weighted by atomic mass is 10.4. The van der Waals surface area contributed by atoms with E-state index in [0.29, 0.717) is 0 Å². The Morgan fingerprint density at radius 1 is 1.64 bits per heavy atom. The summed E-state index contributed by atoms with van der Waals surface area (Å²) in [5.74, 6) is 0.218. The number of nitrogens with zero attached hydrogens (tertiary/aromatic N) is 1. The van der Waals surface area contributed by atoms with Gasteiger partial charge in [-0.25, -0.2) is 0 Å². The van der Waals surface area contributed by atoms with Gasteiger partial charge in [-0.15, -0.1) is 12.4 Å². The fourth-order valence-corrected chi connectivity index (χ4v) is 0.949. The maximum atomic E-state index is 11.2. The highest BCUT2D eigenvalue weighted by Gasteiger charge is 2.13. The number of carbonyl (C=O) groups is 1. The van der Waals surface area contributed by atoms with Gasteiger partial charge in [-0.2, -0.15) is 11.8 Å². The van der Waals surface area contributed by atoms with E-state index in [-0.39, 0.29) is 23.6 Å². The van der Waals surface area contributed by atoms with Gasteiger partial charge in [0, 0.05) is 13.6 Å². The predicted molar refractivity (Wildman–Crippen MR) is 53.5 cm³/mol. The Bertz CT molecular complexity index is 109.